The average molecular weight is 267 g/mol. The molecule has 2 aromatic heterocycles. The third-order valence-electron chi connectivity index (χ3n) is 2.36. The van der Waals surface area contributed by atoms with Crippen molar-refractivity contribution in [2.24, 2.45) is 0 Å². The van der Waals surface area contributed by atoms with E-state index in [0.717, 1.165) is 29.6 Å². The maximum atomic E-state index is 5.18. The summed E-state index contributed by atoms with van der Waals surface area (Å²) in [5.74, 6) is 3.12. The van der Waals surface area contributed by atoms with Crippen LogP contribution in [-0.2, 0) is 18.8 Å². The van der Waals surface area contributed by atoms with Crippen LogP contribution in [0.15, 0.2) is 10.7 Å². The van der Waals surface area contributed by atoms with Crippen LogP contribution < -0.4 is 0 Å². The Labute approximate surface area is 110 Å². The molecular formula is C11H17N5OS. The predicted molar refractivity (Wildman–Crippen MR) is 70.0 cm³/mol. The summed E-state index contributed by atoms with van der Waals surface area (Å²) < 4.78 is 5.18. The monoisotopic (exact) mass is 267 g/mol. The highest BCUT2D eigenvalue weighted by Gasteiger charge is 2.10. The summed E-state index contributed by atoms with van der Waals surface area (Å²) in [5, 5.41) is 3.91. The third-order valence-corrected chi connectivity index (χ3v) is 2.91. The third kappa shape index (κ3) is 3.58. The average Bonchev–Trinajstić information content (AvgIpc) is 2.89. The Hall–Kier alpha value is -1.34. The largest absolute Gasteiger partial charge is 0.345 e. The Morgan fingerprint density at radius 2 is 2.28 bits per heavy atom. The van der Waals surface area contributed by atoms with E-state index in [1.807, 2.05) is 26.4 Å². The van der Waals surface area contributed by atoms with Crippen molar-refractivity contribution < 1.29 is 4.52 Å². The number of nitrogens with one attached hydrogen (secondary N) is 1. The lowest BCUT2D eigenvalue weighted by molar-refractivity contribution is 0.256. The van der Waals surface area contributed by atoms with Gasteiger partial charge in [0, 0.05) is 11.9 Å². The molecule has 7 heteroatoms. The molecule has 0 bridgehead atoms. The van der Waals surface area contributed by atoms with E-state index in [4.69, 9.17) is 4.52 Å². The fraction of sp³-hybridized carbons (Fsp3) is 0.545. The van der Waals surface area contributed by atoms with E-state index in [0.29, 0.717) is 12.4 Å². The zero-order chi connectivity index (χ0) is 13.0. The number of hydrogen-bond acceptors (Lipinski definition) is 6. The van der Waals surface area contributed by atoms with Gasteiger partial charge in [-0.1, -0.05) is 5.16 Å². The molecule has 0 saturated carbocycles. The number of H-pyrrole nitrogens is 1. The van der Waals surface area contributed by atoms with Gasteiger partial charge in [0.15, 0.2) is 5.82 Å². The van der Waals surface area contributed by atoms with Gasteiger partial charge in [0.1, 0.15) is 5.82 Å². The normalized spacial score (nSPS) is 11.3. The minimum atomic E-state index is 0.626. The van der Waals surface area contributed by atoms with Gasteiger partial charge in [-0.15, -0.1) is 0 Å². The Kier molecular flexibility index (Phi) is 4.38. The number of aromatic amines is 1. The summed E-state index contributed by atoms with van der Waals surface area (Å²) in [7, 11) is 2.00. The van der Waals surface area contributed by atoms with Crippen molar-refractivity contribution in [3.8, 4) is 0 Å². The molecule has 18 heavy (non-hydrogen) atoms. The minimum absolute atomic E-state index is 0.626. The molecule has 2 aromatic rings. The highest BCUT2D eigenvalue weighted by Crippen LogP contribution is 2.08. The van der Waals surface area contributed by atoms with Crippen LogP contribution in [0.2, 0.25) is 0 Å². The van der Waals surface area contributed by atoms with Gasteiger partial charge >= 0.3 is 0 Å². The minimum Gasteiger partial charge on any atom is -0.345 e. The molecule has 0 amide bonds. The van der Waals surface area contributed by atoms with Gasteiger partial charge in [0.25, 0.3) is 0 Å². The molecule has 98 valence electrons. The standard InChI is InChI=1S/C11H17N5OS/c1-8-4-12-9(13-8)5-16(2)6-11-14-10(7-18-3)15-17-11/h4H,5-7H2,1-3H3,(H,12,13). The topological polar surface area (TPSA) is 70.8 Å². The van der Waals surface area contributed by atoms with Gasteiger partial charge < -0.3 is 9.51 Å². The fourth-order valence-electron chi connectivity index (χ4n) is 1.63. The fourth-order valence-corrected chi connectivity index (χ4v) is 2.01. The van der Waals surface area contributed by atoms with Crippen LogP contribution >= 0.6 is 11.8 Å². The summed E-state index contributed by atoms with van der Waals surface area (Å²) in [6, 6.07) is 0. The summed E-state index contributed by atoms with van der Waals surface area (Å²) in [4.78, 5) is 13.9. The first-order valence-corrected chi connectivity index (χ1v) is 7.06. The van der Waals surface area contributed by atoms with E-state index >= 15 is 0 Å². The zero-order valence-electron chi connectivity index (χ0n) is 10.8. The highest BCUT2D eigenvalue weighted by atomic mass is 32.2. The van der Waals surface area contributed by atoms with E-state index in [-0.39, 0.29) is 0 Å². The number of thioether (sulfide) groups is 1. The van der Waals surface area contributed by atoms with Crippen molar-refractivity contribution in [3.63, 3.8) is 0 Å². The molecular weight excluding hydrogens is 250 g/mol. The summed E-state index contributed by atoms with van der Waals surface area (Å²) in [6.07, 6.45) is 3.84. The molecule has 2 heterocycles. The van der Waals surface area contributed by atoms with E-state index < -0.39 is 0 Å². The lowest BCUT2D eigenvalue weighted by atomic mass is 10.5. The SMILES string of the molecule is CSCc1noc(CN(C)Cc2ncc(C)[nH]2)n1. The summed E-state index contributed by atoms with van der Waals surface area (Å²) in [6.45, 7) is 3.35. The van der Waals surface area contributed by atoms with Gasteiger partial charge in [-0.05, 0) is 20.2 Å². The predicted octanol–water partition coefficient (Wildman–Crippen LogP) is 1.60. The van der Waals surface area contributed by atoms with Gasteiger partial charge in [0.2, 0.25) is 5.89 Å². The quantitative estimate of drug-likeness (QED) is 0.857. The molecule has 6 nitrogen and oxygen atoms in total. The van der Waals surface area contributed by atoms with Crippen molar-refractivity contribution in [1.82, 2.24) is 25.0 Å². The molecule has 0 saturated heterocycles. The summed E-state index contributed by atoms with van der Waals surface area (Å²) >= 11 is 1.68. The second kappa shape index (κ2) is 6.01. The number of nitrogens with zero attached hydrogens (tertiary/aromatic N) is 4. The lowest BCUT2D eigenvalue weighted by Crippen LogP contribution is -2.18. The Morgan fingerprint density at radius 3 is 2.94 bits per heavy atom. The van der Waals surface area contributed by atoms with Crippen molar-refractivity contribution in [3.05, 3.63) is 29.4 Å². The number of aryl methyl sites for hydroxylation is 1. The van der Waals surface area contributed by atoms with Crippen molar-refractivity contribution in [1.29, 1.82) is 0 Å². The first-order valence-electron chi connectivity index (χ1n) is 5.67. The molecule has 0 spiro atoms. The van der Waals surface area contributed by atoms with Crippen LogP contribution in [0, 0.1) is 6.92 Å². The molecule has 0 radical (unpaired) electrons. The first-order chi connectivity index (χ1) is 8.67. The molecule has 0 aliphatic heterocycles. The second-order valence-electron chi connectivity index (χ2n) is 4.22. The van der Waals surface area contributed by atoms with Crippen LogP contribution in [-0.4, -0.2) is 38.3 Å². The highest BCUT2D eigenvalue weighted by molar-refractivity contribution is 7.97. The molecule has 0 fully saturated rings. The smallest absolute Gasteiger partial charge is 0.240 e. The molecule has 0 aromatic carbocycles. The Bertz CT molecular complexity index is 495. The maximum absolute atomic E-state index is 5.18. The van der Waals surface area contributed by atoms with Gasteiger partial charge in [0.05, 0.1) is 18.8 Å². The summed E-state index contributed by atoms with van der Waals surface area (Å²) in [5.41, 5.74) is 1.07. The lowest BCUT2D eigenvalue weighted by Gasteiger charge is -2.11. The van der Waals surface area contributed by atoms with E-state index in [9.17, 15) is 0 Å². The van der Waals surface area contributed by atoms with Crippen LogP contribution in [0.1, 0.15) is 23.2 Å². The van der Waals surface area contributed by atoms with Crippen LogP contribution in [0.3, 0.4) is 0 Å². The molecule has 2 rings (SSSR count). The maximum Gasteiger partial charge on any atom is 0.240 e. The molecule has 0 aliphatic rings. The number of aromatic nitrogens is 4. The molecule has 0 unspecified atom stereocenters. The number of rotatable bonds is 6. The van der Waals surface area contributed by atoms with Crippen molar-refractivity contribution >= 4 is 11.8 Å². The second-order valence-corrected chi connectivity index (χ2v) is 5.09. The van der Waals surface area contributed by atoms with Crippen LogP contribution in [0.4, 0.5) is 0 Å². The zero-order valence-corrected chi connectivity index (χ0v) is 11.6. The molecule has 0 aliphatic carbocycles. The van der Waals surface area contributed by atoms with Crippen LogP contribution in [0.25, 0.3) is 0 Å². The Morgan fingerprint density at radius 1 is 1.44 bits per heavy atom. The van der Waals surface area contributed by atoms with E-state index in [2.05, 4.69) is 25.0 Å². The number of hydrogen-bond donors (Lipinski definition) is 1. The first kappa shape index (κ1) is 13.1. The van der Waals surface area contributed by atoms with Gasteiger partial charge in [-0.3, -0.25) is 4.90 Å². The molecule has 0 atom stereocenters. The van der Waals surface area contributed by atoms with Gasteiger partial charge in [-0.2, -0.15) is 16.7 Å². The van der Waals surface area contributed by atoms with E-state index in [1.54, 1.807) is 11.8 Å². The van der Waals surface area contributed by atoms with Gasteiger partial charge in [-0.25, -0.2) is 4.98 Å². The number of imidazole rings is 1. The van der Waals surface area contributed by atoms with E-state index in [1.165, 1.54) is 0 Å². The van der Waals surface area contributed by atoms with Crippen LogP contribution in [0.5, 0.6) is 0 Å². The molecule has 1 N–H and O–H groups in total. The Balaban J connectivity index is 1.88. The van der Waals surface area contributed by atoms with Crippen molar-refractivity contribution in [2.75, 3.05) is 13.3 Å². The van der Waals surface area contributed by atoms with Crippen molar-refractivity contribution in [2.45, 2.75) is 25.8 Å².